The molecule has 0 aliphatic heterocycles. The van der Waals surface area contributed by atoms with Gasteiger partial charge < -0.3 is 0 Å². The third-order valence-electron chi connectivity index (χ3n) is 5.46. The Kier molecular flexibility index (Phi) is 3.36. The summed E-state index contributed by atoms with van der Waals surface area (Å²) in [4.78, 5) is 4.21. The minimum atomic E-state index is 0.0691. The van der Waals surface area contributed by atoms with Crippen LogP contribution in [0.15, 0.2) is 43.0 Å². The molecule has 1 aromatic carbocycles. The average molecular weight is 269 g/mol. The van der Waals surface area contributed by atoms with E-state index < -0.39 is 0 Å². The van der Waals surface area contributed by atoms with E-state index >= 15 is 0 Å². The average Bonchev–Trinajstić information content (AvgIpc) is 3.16. The van der Waals surface area contributed by atoms with Gasteiger partial charge in [-0.1, -0.05) is 50.6 Å². The van der Waals surface area contributed by atoms with Crippen molar-refractivity contribution in [3.8, 4) is 0 Å². The molecule has 0 bridgehead atoms. The lowest BCUT2D eigenvalue weighted by atomic mass is 9.64. The maximum absolute atomic E-state index is 4.52. The maximum Gasteiger partial charge on any atom is 0.137 e. The number of benzene rings is 1. The highest BCUT2D eigenvalue weighted by atomic mass is 15.4. The quantitative estimate of drug-likeness (QED) is 0.842. The predicted octanol–water partition coefficient (Wildman–Crippen LogP) is 3.92. The summed E-state index contributed by atoms with van der Waals surface area (Å²) in [5.41, 5.74) is 1.70. The summed E-state index contributed by atoms with van der Waals surface area (Å²) >= 11 is 0. The van der Waals surface area contributed by atoms with Crippen LogP contribution < -0.4 is 0 Å². The molecule has 1 aliphatic carbocycles. The zero-order valence-corrected chi connectivity index (χ0v) is 12.4. The van der Waals surface area contributed by atoms with Gasteiger partial charge in [0, 0.05) is 5.41 Å². The van der Waals surface area contributed by atoms with Gasteiger partial charge in [-0.3, -0.25) is 0 Å². The van der Waals surface area contributed by atoms with E-state index in [9.17, 15) is 0 Å². The fraction of sp³-hybridized carbons (Fsp3) is 0.529. The van der Waals surface area contributed by atoms with Crippen molar-refractivity contribution < 1.29 is 0 Å². The number of hydrogen-bond donors (Lipinski definition) is 0. The molecule has 2 atom stereocenters. The number of rotatable bonds is 4. The fourth-order valence-electron chi connectivity index (χ4n) is 4.47. The molecule has 0 spiro atoms. The van der Waals surface area contributed by atoms with E-state index in [1.165, 1.54) is 24.8 Å². The summed E-state index contributed by atoms with van der Waals surface area (Å²) < 4.78 is 2.14. The normalized spacial score (nSPS) is 29.7. The summed E-state index contributed by atoms with van der Waals surface area (Å²) in [7, 11) is 0. The summed E-state index contributed by atoms with van der Waals surface area (Å²) in [6.07, 6.45) is 9.50. The van der Waals surface area contributed by atoms with Crippen LogP contribution in [0.5, 0.6) is 0 Å². The van der Waals surface area contributed by atoms with Crippen LogP contribution in [0.25, 0.3) is 0 Å². The van der Waals surface area contributed by atoms with Crippen molar-refractivity contribution in [2.24, 2.45) is 0 Å². The van der Waals surface area contributed by atoms with Gasteiger partial charge in [0.15, 0.2) is 0 Å². The maximum atomic E-state index is 4.52. The Morgan fingerprint density at radius 1 is 1.10 bits per heavy atom. The second-order valence-corrected chi connectivity index (χ2v) is 5.88. The molecule has 2 aromatic rings. The third kappa shape index (κ3) is 1.65. The highest BCUT2D eigenvalue weighted by molar-refractivity contribution is 5.32. The van der Waals surface area contributed by atoms with Gasteiger partial charge in [0.2, 0.25) is 0 Å². The van der Waals surface area contributed by atoms with E-state index in [1.54, 1.807) is 6.33 Å². The van der Waals surface area contributed by atoms with Gasteiger partial charge in [-0.25, -0.2) is 9.67 Å². The molecule has 0 radical (unpaired) electrons. The van der Waals surface area contributed by atoms with E-state index in [2.05, 4.69) is 58.9 Å². The second-order valence-electron chi connectivity index (χ2n) is 5.88. The van der Waals surface area contributed by atoms with Crippen LogP contribution in [-0.4, -0.2) is 14.8 Å². The van der Waals surface area contributed by atoms with Crippen LogP contribution in [0.3, 0.4) is 0 Å². The Balaban J connectivity index is 2.18. The van der Waals surface area contributed by atoms with Gasteiger partial charge in [-0.05, 0) is 31.2 Å². The minimum Gasteiger partial charge on any atom is -0.246 e. The lowest BCUT2D eigenvalue weighted by molar-refractivity contribution is 0.128. The Morgan fingerprint density at radius 3 is 2.50 bits per heavy atom. The molecule has 0 amide bonds. The highest BCUT2D eigenvalue weighted by Gasteiger charge is 2.55. The molecule has 3 heteroatoms. The zero-order valence-electron chi connectivity index (χ0n) is 12.4. The molecule has 0 N–H and O–H groups in total. The molecule has 0 saturated heterocycles. The van der Waals surface area contributed by atoms with Gasteiger partial charge >= 0.3 is 0 Å². The molecule has 2 unspecified atom stereocenters. The Bertz CT molecular complexity index is 549. The first-order chi connectivity index (χ1) is 9.79. The largest absolute Gasteiger partial charge is 0.246 e. The van der Waals surface area contributed by atoms with Crippen molar-refractivity contribution in [3.05, 3.63) is 48.5 Å². The molecule has 106 valence electrons. The Morgan fingerprint density at radius 2 is 1.90 bits per heavy atom. The van der Waals surface area contributed by atoms with Gasteiger partial charge in [-0.2, -0.15) is 5.10 Å². The standard InChI is InChI=1S/C17H23N3/c1-3-16(15-9-6-5-7-10-15)11-8-12-17(16,4-2)20-14-18-13-19-20/h5-7,9-10,13-14H,3-4,8,11-12H2,1-2H3. The molecule has 1 fully saturated rings. The van der Waals surface area contributed by atoms with Crippen molar-refractivity contribution >= 4 is 0 Å². The SMILES string of the molecule is CCC1(c2ccccc2)CCCC1(CC)n1cncn1. The molecule has 1 heterocycles. The summed E-state index contributed by atoms with van der Waals surface area (Å²) in [6.45, 7) is 4.61. The molecule has 1 saturated carbocycles. The third-order valence-corrected chi connectivity index (χ3v) is 5.46. The summed E-state index contributed by atoms with van der Waals surface area (Å²) in [5, 5.41) is 4.52. The number of hydrogen-bond acceptors (Lipinski definition) is 2. The fourth-order valence-corrected chi connectivity index (χ4v) is 4.47. The van der Waals surface area contributed by atoms with Crippen LogP contribution in [0.4, 0.5) is 0 Å². The van der Waals surface area contributed by atoms with Crippen LogP contribution in [0, 0.1) is 0 Å². The second kappa shape index (κ2) is 5.04. The number of aromatic nitrogens is 3. The van der Waals surface area contributed by atoms with Crippen LogP contribution in [0.1, 0.15) is 51.5 Å². The van der Waals surface area contributed by atoms with Crippen molar-refractivity contribution in [3.63, 3.8) is 0 Å². The van der Waals surface area contributed by atoms with Crippen molar-refractivity contribution in [2.75, 3.05) is 0 Å². The van der Waals surface area contributed by atoms with E-state index in [-0.39, 0.29) is 11.0 Å². The smallest absolute Gasteiger partial charge is 0.137 e. The summed E-state index contributed by atoms with van der Waals surface area (Å²) in [5.74, 6) is 0. The lowest BCUT2D eigenvalue weighted by Crippen LogP contribution is -2.49. The van der Waals surface area contributed by atoms with Crippen LogP contribution >= 0.6 is 0 Å². The van der Waals surface area contributed by atoms with Gasteiger partial charge in [0.25, 0.3) is 0 Å². The van der Waals surface area contributed by atoms with E-state index in [4.69, 9.17) is 0 Å². The molecule has 1 aromatic heterocycles. The van der Waals surface area contributed by atoms with Crippen LogP contribution in [-0.2, 0) is 11.0 Å². The van der Waals surface area contributed by atoms with Gasteiger partial charge in [0.1, 0.15) is 12.7 Å². The molecule has 3 nitrogen and oxygen atoms in total. The zero-order chi connectivity index (χ0) is 14.1. The van der Waals surface area contributed by atoms with Gasteiger partial charge in [0.05, 0.1) is 5.54 Å². The monoisotopic (exact) mass is 269 g/mol. The predicted molar refractivity (Wildman–Crippen MR) is 80.5 cm³/mol. The molecular formula is C17H23N3. The molecule has 20 heavy (non-hydrogen) atoms. The Labute approximate surface area is 121 Å². The topological polar surface area (TPSA) is 30.7 Å². The lowest BCUT2D eigenvalue weighted by Gasteiger charge is -2.46. The number of nitrogens with zero attached hydrogens (tertiary/aromatic N) is 3. The molecule has 1 aliphatic rings. The van der Waals surface area contributed by atoms with Crippen LogP contribution in [0.2, 0.25) is 0 Å². The van der Waals surface area contributed by atoms with E-state index in [0.29, 0.717) is 0 Å². The first-order valence-electron chi connectivity index (χ1n) is 7.70. The summed E-state index contributed by atoms with van der Waals surface area (Å²) in [6, 6.07) is 11.0. The Hall–Kier alpha value is -1.64. The van der Waals surface area contributed by atoms with Crippen molar-refractivity contribution in [1.29, 1.82) is 0 Å². The molecular weight excluding hydrogens is 246 g/mol. The van der Waals surface area contributed by atoms with Gasteiger partial charge in [-0.15, -0.1) is 0 Å². The van der Waals surface area contributed by atoms with Crippen molar-refractivity contribution in [2.45, 2.75) is 56.9 Å². The van der Waals surface area contributed by atoms with Crippen molar-refractivity contribution in [1.82, 2.24) is 14.8 Å². The first kappa shape index (κ1) is 13.3. The van der Waals surface area contributed by atoms with E-state index in [1.807, 2.05) is 6.33 Å². The minimum absolute atomic E-state index is 0.0691. The molecule has 3 rings (SSSR count). The first-order valence-corrected chi connectivity index (χ1v) is 7.70. The highest BCUT2D eigenvalue weighted by Crippen LogP contribution is 2.56. The van der Waals surface area contributed by atoms with E-state index in [0.717, 1.165) is 12.8 Å².